The molecule has 2 atom stereocenters. The fourth-order valence-corrected chi connectivity index (χ4v) is 1.77. The Morgan fingerprint density at radius 3 is 2.56 bits per heavy atom. The van der Waals surface area contributed by atoms with E-state index in [2.05, 4.69) is 12.2 Å². The van der Waals surface area contributed by atoms with Crippen molar-refractivity contribution in [3.8, 4) is 0 Å². The zero-order valence-corrected chi connectivity index (χ0v) is 11.0. The Morgan fingerprint density at radius 1 is 1.56 bits per heavy atom. The molecule has 0 aromatic carbocycles. The van der Waals surface area contributed by atoms with Crippen LogP contribution in [0.2, 0.25) is 0 Å². The van der Waals surface area contributed by atoms with E-state index in [1.165, 1.54) is 0 Å². The first-order chi connectivity index (χ1) is 7.33. The molecule has 0 spiro atoms. The summed E-state index contributed by atoms with van der Waals surface area (Å²) in [4.78, 5) is 13.6. The highest BCUT2D eigenvalue weighted by atomic mass is 16.6. The molecule has 0 aliphatic carbocycles. The van der Waals surface area contributed by atoms with Crippen LogP contribution in [0.1, 0.15) is 40.5 Å². The molecule has 1 heterocycles. The SMILES string of the molecule is CNC(C)CC1CCN1C(=O)OC(C)(C)C. The highest BCUT2D eigenvalue weighted by molar-refractivity contribution is 5.69. The van der Waals surface area contributed by atoms with Gasteiger partial charge in [-0.2, -0.15) is 0 Å². The predicted molar refractivity (Wildman–Crippen MR) is 64.5 cm³/mol. The summed E-state index contributed by atoms with van der Waals surface area (Å²) in [6, 6.07) is 0.785. The molecule has 0 saturated carbocycles. The number of likely N-dealkylation sites (tertiary alicyclic amines) is 1. The Hall–Kier alpha value is -0.770. The van der Waals surface area contributed by atoms with Crippen molar-refractivity contribution in [3.63, 3.8) is 0 Å². The van der Waals surface area contributed by atoms with Crippen LogP contribution in [0.25, 0.3) is 0 Å². The summed E-state index contributed by atoms with van der Waals surface area (Å²) in [5.74, 6) is 0. The zero-order valence-electron chi connectivity index (χ0n) is 11.0. The lowest BCUT2D eigenvalue weighted by atomic mass is 9.97. The highest BCUT2D eigenvalue weighted by Gasteiger charge is 2.35. The number of hydrogen-bond donors (Lipinski definition) is 1. The zero-order chi connectivity index (χ0) is 12.3. The molecular formula is C12H24N2O2. The van der Waals surface area contributed by atoms with Gasteiger partial charge in [0.1, 0.15) is 5.60 Å². The average Bonchev–Trinajstić information content (AvgIpc) is 2.08. The Morgan fingerprint density at radius 2 is 2.19 bits per heavy atom. The molecule has 16 heavy (non-hydrogen) atoms. The fraction of sp³-hybridized carbons (Fsp3) is 0.917. The quantitative estimate of drug-likeness (QED) is 0.803. The van der Waals surface area contributed by atoms with Gasteiger partial charge in [0.05, 0.1) is 0 Å². The van der Waals surface area contributed by atoms with Crippen LogP contribution in [-0.2, 0) is 4.74 Å². The maximum atomic E-state index is 11.8. The van der Waals surface area contributed by atoms with Crippen molar-refractivity contribution in [1.82, 2.24) is 10.2 Å². The van der Waals surface area contributed by atoms with Gasteiger partial charge in [0.2, 0.25) is 0 Å². The van der Waals surface area contributed by atoms with Gasteiger partial charge >= 0.3 is 6.09 Å². The van der Waals surface area contributed by atoms with Crippen molar-refractivity contribution < 1.29 is 9.53 Å². The van der Waals surface area contributed by atoms with E-state index in [-0.39, 0.29) is 6.09 Å². The van der Waals surface area contributed by atoms with E-state index < -0.39 is 5.60 Å². The Labute approximate surface area is 98.3 Å². The van der Waals surface area contributed by atoms with Gasteiger partial charge in [0.15, 0.2) is 0 Å². The Balaban J connectivity index is 2.40. The Kier molecular flexibility index (Phi) is 4.19. The summed E-state index contributed by atoms with van der Waals surface area (Å²) in [5, 5.41) is 3.19. The predicted octanol–water partition coefficient (Wildman–Crippen LogP) is 1.99. The summed E-state index contributed by atoms with van der Waals surface area (Å²) >= 11 is 0. The second-order valence-corrected chi connectivity index (χ2v) is 5.54. The minimum atomic E-state index is -0.397. The molecule has 0 bridgehead atoms. The third-order valence-corrected chi connectivity index (χ3v) is 2.89. The maximum absolute atomic E-state index is 11.8. The molecule has 1 aliphatic heterocycles. The van der Waals surface area contributed by atoms with Gasteiger partial charge in [-0.05, 0) is 47.6 Å². The van der Waals surface area contributed by atoms with E-state index in [4.69, 9.17) is 4.74 Å². The van der Waals surface area contributed by atoms with E-state index in [0.29, 0.717) is 12.1 Å². The van der Waals surface area contributed by atoms with Crippen LogP contribution in [0.15, 0.2) is 0 Å². The van der Waals surface area contributed by atoms with Crippen LogP contribution in [0, 0.1) is 0 Å². The molecular weight excluding hydrogens is 204 g/mol. The normalized spacial score (nSPS) is 22.6. The average molecular weight is 228 g/mol. The lowest BCUT2D eigenvalue weighted by Gasteiger charge is -2.42. The van der Waals surface area contributed by atoms with Crippen LogP contribution < -0.4 is 5.32 Å². The van der Waals surface area contributed by atoms with E-state index in [9.17, 15) is 4.79 Å². The number of carbonyl (C=O) groups is 1. The van der Waals surface area contributed by atoms with Crippen LogP contribution in [-0.4, -0.2) is 42.3 Å². The molecule has 0 aromatic rings. The highest BCUT2D eigenvalue weighted by Crippen LogP contribution is 2.24. The fourth-order valence-electron chi connectivity index (χ4n) is 1.77. The summed E-state index contributed by atoms with van der Waals surface area (Å²) < 4.78 is 5.35. The maximum Gasteiger partial charge on any atom is 0.410 e. The first-order valence-corrected chi connectivity index (χ1v) is 6.00. The summed E-state index contributed by atoms with van der Waals surface area (Å²) in [7, 11) is 1.95. The monoisotopic (exact) mass is 228 g/mol. The van der Waals surface area contributed by atoms with Gasteiger partial charge in [-0.1, -0.05) is 0 Å². The molecule has 0 aromatic heterocycles. The third kappa shape index (κ3) is 3.67. The van der Waals surface area contributed by atoms with E-state index in [1.807, 2.05) is 32.7 Å². The second kappa shape index (κ2) is 5.04. The van der Waals surface area contributed by atoms with Crippen molar-refractivity contribution in [2.75, 3.05) is 13.6 Å². The lowest BCUT2D eigenvalue weighted by molar-refractivity contribution is -0.00793. The molecule has 1 amide bonds. The number of rotatable bonds is 3. The Bertz CT molecular complexity index is 248. The molecule has 0 radical (unpaired) electrons. The minimum Gasteiger partial charge on any atom is -0.444 e. The second-order valence-electron chi connectivity index (χ2n) is 5.54. The standard InChI is InChI=1S/C12H24N2O2/c1-9(13-5)8-10-6-7-14(10)11(15)16-12(2,3)4/h9-10,13H,6-8H2,1-5H3. The molecule has 2 unspecified atom stereocenters. The van der Waals surface area contributed by atoms with Gasteiger partial charge in [0.25, 0.3) is 0 Å². The topological polar surface area (TPSA) is 41.6 Å². The number of carbonyl (C=O) groups excluding carboxylic acids is 1. The van der Waals surface area contributed by atoms with Crippen LogP contribution in [0.3, 0.4) is 0 Å². The molecule has 1 rings (SSSR count). The third-order valence-electron chi connectivity index (χ3n) is 2.89. The van der Waals surface area contributed by atoms with Crippen molar-refractivity contribution in [2.24, 2.45) is 0 Å². The lowest BCUT2D eigenvalue weighted by Crippen LogP contribution is -2.54. The molecule has 4 nitrogen and oxygen atoms in total. The van der Waals surface area contributed by atoms with Gasteiger partial charge < -0.3 is 15.0 Å². The van der Waals surface area contributed by atoms with Crippen molar-refractivity contribution in [1.29, 1.82) is 0 Å². The van der Waals surface area contributed by atoms with E-state index in [1.54, 1.807) is 0 Å². The van der Waals surface area contributed by atoms with E-state index in [0.717, 1.165) is 19.4 Å². The van der Waals surface area contributed by atoms with E-state index >= 15 is 0 Å². The number of nitrogens with one attached hydrogen (secondary N) is 1. The number of nitrogens with zero attached hydrogens (tertiary/aromatic N) is 1. The first kappa shape index (κ1) is 13.3. The number of hydrogen-bond acceptors (Lipinski definition) is 3. The number of amides is 1. The van der Waals surface area contributed by atoms with Gasteiger partial charge in [-0.15, -0.1) is 0 Å². The molecule has 4 heteroatoms. The van der Waals surface area contributed by atoms with Gasteiger partial charge in [-0.3, -0.25) is 0 Å². The van der Waals surface area contributed by atoms with Crippen LogP contribution in [0.5, 0.6) is 0 Å². The molecule has 1 N–H and O–H groups in total. The molecule has 1 saturated heterocycles. The molecule has 94 valence electrons. The number of ether oxygens (including phenoxy) is 1. The molecule has 1 fully saturated rings. The van der Waals surface area contributed by atoms with Gasteiger partial charge in [-0.25, -0.2) is 4.79 Å². The first-order valence-electron chi connectivity index (χ1n) is 6.00. The smallest absolute Gasteiger partial charge is 0.410 e. The molecule has 1 aliphatic rings. The van der Waals surface area contributed by atoms with Crippen molar-refractivity contribution >= 4 is 6.09 Å². The van der Waals surface area contributed by atoms with Crippen molar-refractivity contribution in [3.05, 3.63) is 0 Å². The van der Waals surface area contributed by atoms with Gasteiger partial charge in [0, 0.05) is 18.6 Å². The summed E-state index contributed by atoms with van der Waals surface area (Å²) in [6.07, 6.45) is 1.91. The summed E-state index contributed by atoms with van der Waals surface area (Å²) in [5.41, 5.74) is -0.397. The summed E-state index contributed by atoms with van der Waals surface area (Å²) in [6.45, 7) is 8.66. The largest absolute Gasteiger partial charge is 0.444 e. The van der Waals surface area contributed by atoms with Crippen molar-refractivity contribution in [2.45, 2.75) is 58.2 Å². The van der Waals surface area contributed by atoms with Crippen LogP contribution >= 0.6 is 0 Å². The van der Waals surface area contributed by atoms with Crippen LogP contribution in [0.4, 0.5) is 4.79 Å². The minimum absolute atomic E-state index is 0.174.